The second-order valence-corrected chi connectivity index (χ2v) is 15.2. The summed E-state index contributed by atoms with van der Waals surface area (Å²) < 4.78 is 29.9. The van der Waals surface area contributed by atoms with Crippen LogP contribution in [0.5, 0.6) is 0 Å². The molecule has 3 aromatic carbocycles. The zero-order chi connectivity index (χ0) is 34.0. The van der Waals surface area contributed by atoms with Crippen molar-refractivity contribution in [3.05, 3.63) is 88.4 Å². The van der Waals surface area contributed by atoms with Crippen LogP contribution in [0.1, 0.15) is 54.7 Å². The predicted octanol–water partition coefficient (Wildman–Crippen LogP) is 4.85. The van der Waals surface area contributed by atoms with Crippen LogP contribution in [0.2, 0.25) is 5.02 Å². The van der Waals surface area contributed by atoms with Crippen LogP contribution in [-0.2, 0) is 24.4 Å². The molecule has 6 rings (SSSR count). The number of amides is 3. The number of carbonyl (C=O) groups is 3. The molecule has 10 nitrogen and oxygen atoms in total. The molecule has 254 valence electrons. The summed E-state index contributed by atoms with van der Waals surface area (Å²) in [5, 5.41) is 6.11. The Morgan fingerprint density at radius 1 is 0.938 bits per heavy atom. The monoisotopic (exact) mass is 691 g/mol. The van der Waals surface area contributed by atoms with Crippen LogP contribution in [0.3, 0.4) is 0 Å². The van der Waals surface area contributed by atoms with E-state index in [1.54, 1.807) is 55.1 Å². The van der Waals surface area contributed by atoms with Gasteiger partial charge < -0.3 is 20.4 Å². The molecule has 0 radical (unpaired) electrons. The number of fused-ring (bicyclic) bond motifs is 1. The third-order valence-electron chi connectivity index (χ3n) is 9.66. The molecule has 48 heavy (non-hydrogen) atoms. The SMILES string of the molecule is Cc1cc(Cl)cc(C)c1S(=O)(=O)N1c2ccccc2NC(=O)C1CC(=O)NC(CN1CCC(c2ccccc2)CC1)C(=O)N1CCCC1. The van der Waals surface area contributed by atoms with E-state index in [1.807, 2.05) is 6.07 Å². The number of nitrogens with zero attached hydrogens (tertiary/aromatic N) is 3. The summed E-state index contributed by atoms with van der Waals surface area (Å²) >= 11 is 6.23. The molecular weight excluding hydrogens is 650 g/mol. The van der Waals surface area contributed by atoms with Crippen LogP contribution in [0, 0.1) is 13.8 Å². The highest BCUT2D eigenvalue weighted by Gasteiger charge is 2.43. The number of likely N-dealkylation sites (tertiary alicyclic amines) is 2. The lowest BCUT2D eigenvalue weighted by Crippen LogP contribution is -2.57. The van der Waals surface area contributed by atoms with Crippen molar-refractivity contribution in [2.75, 3.05) is 42.3 Å². The Balaban J connectivity index is 1.24. The summed E-state index contributed by atoms with van der Waals surface area (Å²) in [4.78, 5) is 45.2. The van der Waals surface area contributed by atoms with Gasteiger partial charge in [-0.25, -0.2) is 8.42 Å². The van der Waals surface area contributed by atoms with Crippen LogP contribution in [-0.4, -0.2) is 80.7 Å². The highest BCUT2D eigenvalue weighted by Crippen LogP contribution is 2.39. The van der Waals surface area contributed by atoms with Gasteiger partial charge in [0.2, 0.25) is 17.7 Å². The molecule has 3 heterocycles. The number of hydrogen-bond acceptors (Lipinski definition) is 6. The number of nitrogens with one attached hydrogen (secondary N) is 2. The third-order valence-corrected chi connectivity index (χ3v) is 12.0. The van der Waals surface area contributed by atoms with Gasteiger partial charge in [0.1, 0.15) is 12.1 Å². The van der Waals surface area contributed by atoms with Crippen LogP contribution in [0.25, 0.3) is 0 Å². The average molecular weight is 692 g/mol. The van der Waals surface area contributed by atoms with E-state index in [4.69, 9.17) is 11.6 Å². The summed E-state index contributed by atoms with van der Waals surface area (Å²) in [6.07, 6.45) is 3.24. The van der Waals surface area contributed by atoms with Gasteiger partial charge in [-0.2, -0.15) is 0 Å². The molecule has 3 aliphatic rings. The number of para-hydroxylation sites is 2. The van der Waals surface area contributed by atoms with Crippen LogP contribution in [0.15, 0.2) is 71.6 Å². The number of rotatable bonds is 9. The van der Waals surface area contributed by atoms with Crippen molar-refractivity contribution in [3.63, 3.8) is 0 Å². The van der Waals surface area contributed by atoms with Crippen LogP contribution >= 0.6 is 11.6 Å². The largest absolute Gasteiger partial charge is 0.343 e. The van der Waals surface area contributed by atoms with Crippen molar-refractivity contribution >= 4 is 50.7 Å². The minimum Gasteiger partial charge on any atom is -0.343 e. The van der Waals surface area contributed by atoms with E-state index in [0.29, 0.717) is 47.4 Å². The van der Waals surface area contributed by atoms with Crippen molar-refractivity contribution < 1.29 is 22.8 Å². The normalized spacial score (nSPS) is 19.5. The molecule has 0 aromatic heterocycles. The maximum Gasteiger partial charge on any atom is 0.265 e. The Morgan fingerprint density at radius 3 is 2.23 bits per heavy atom. The second-order valence-electron chi connectivity index (χ2n) is 13.0. The fourth-order valence-electron chi connectivity index (χ4n) is 7.34. The molecule has 0 aliphatic carbocycles. The van der Waals surface area contributed by atoms with Gasteiger partial charge in [-0.15, -0.1) is 0 Å². The number of piperidine rings is 1. The number of benzene rings is 3. The lowest BCUT2D eigenvalue weighted by Gasteiger charge is -2.38. The van der Waals surface area contributed by atoms with E-state index in [0.717, 1.165) is 43.1 Å². The van der Waals surface area contributed by atoms with Gasteiger partial charge in [0.05, 0.1) is 22.7 Å². The standard InChI is InChI=1S/C36H42ClN5O5S/c1-24-20-28(37)21-25(2)34(24)48(46,47)42-31-13-7-6-12-29(31)39-35(44)32(42)22-33(43)38-30(36(45)41-16-8-9-17-41)23-40-18-14-27(15-19-40)26-10-4-3-5-11-26/h3-7,10-13,20-21,27,30,32H,8-9,14-19,22-23H2,1-2H3,(H,38,43)(H,39,44). The molecule has 3 aliphatic heterocycles. The first-order valence-electron chi connectivity index (χ1n) is 16.6. The molecule has 0 bridgehead atoms. The number of sulfonamides is 1. The van der Waals surface area contributed by atoms with Crippen LogP contribution in [0.4, 0.5) is 11.4 Å². The quantitative estimate of drug-likeness (QED) is 0.331. The fourth-order valence-corrected chi connectivity index (χ4v) is 9.72. The van der Waals surface area contributed by atoms with Gasteiger partial charge in [0, 0.05) is 24.7 Å². The summed E-state index contributed by atoms with van der Waals surface area (Å²) in [5.41, 5.74) is 2.76. The summed E-state index contributed by atoms with van der Waals surface area (Å²) in [5.74, 6) is -0.905. The van der Waals surface area contributed by atoms with Gasteiger partial charge in [-0.1, -0.05) is 54.1 Å². The van der Waals surface area contributed by atoms with Gasteiger partial charge in [-0.05, 0) is 99.5 Å². The van der Waals surface area contributed by atoms with E-state index >= 15 is 0 Å². The topological polar surface area (TPSA) is 119 Å². The number of halogens is 1. The van der Waals surface area contributed by atoms with E-state index in [2.05, 4.69) is 39.8 Å². The third kappa shape index (κ3) is 7.09. The van der Waals surface area contributed by atoms with Crippen molar-refractivity contribution in [3.8, 4) is 0 Å². The van der Waals surface area contributed by atoms with Crippen LogP contribution < -0.4 is 14.9 Å². The van der Waals surface area contributed by atoms with E-state index < -0.39 is 40.3 Å². The van der Waals surface area contributed by atoms with Crippen molar-refractivity contribution in [1.29, 1.82) is 0 Å². The lowest BCUT2D eigenvalue weighted by molar-refractivity contribution is -0.136. The van der Waals surface area contributed by atoms with Gasteiger partial charge in [-0.3, -0.25) is 18.7 Å². The van der Waals surface area contributed by atoms with Gasteiger partial charge in [0.25, 0.3) is 10.0 Å². The van der Waals surface area contributed by atoms with Crippen molar-refractivity contribution in [2.24, 2.45) is 0 Å². The number of hydrogen-bond donors (Lipinski definition) is 2. The number of anilines is 2. The van der Waals surface area contributed by atoms with Crippen molar-refractivity contribution in [1.82, 2.24) is 15.1 Å². The first kappa shape index (κ1) is 34.0. The molecule has 2 atom stereocenters. The molecule has 0 saturated carbocycles. The molecular formula is C36H42ClN5O5S. The van der Waals surface area contributed by atoms with E-state index in [1.165, 1.54) is 5.56 Å². The van der Waals surface area contributed by atoms with Gasteiger partial charge in [0.15, 0.2) is 0 Å². The summed E-state index contributed by atoms with van der Waals surface area (Å²) in [7, 11) is -4.34. The lowest BCUT2D eigenvalue weighted by atomic mass is 9.89. The van der Waals surface area contributed by atoms with Gasteiger partial charge >= 0.3 is 0 Å². The highest BCUT2D eigenvalue weighted by molar-refractivity contribution is 7.93. The Hall–Kier alpha value is -3.93. The smallest absolute Gasteiger partial charge is 0.265 e. The molecule has 3 amide bonds. The Bertz CT molecular complexity index is 1770. The van der Waals surface area contributed by atoms with Crippen molar-refractivity contribution in [2.45, 2.75) is 68.8 Å². The first-order chi connectivity index (χ1) is 23.0. The average Bonchev–Trinajstić information content (AvgIpc) is 3.60. The Labute approximate surface area is 287 Å². The number of carbonyl (C=O) groups excluding carboxylic acids is 3. The highest BCUT2D eigenvalue weighted by atomic mass is 35.5. The number of aryl methyl sites for hydroxylation is 2. The maximum absolute atomic E-state index is 14.4. The summed E-state index contributed by atoms with van der Waals surface area (Å²) in [6, 6.07) is 18.0. The summed E-state index contributed by atoms with van der Waals surface area (Å²) in [6.45, 7) is 6.48. The maximum atomic E-state index is 14.4. The zero-order valence-corrected chi connectivity index (χ0v) is 28.9. The predicted molar refractivity (Wildman–Crippen MR) is 187 cm³/mol. The molecule has 2 N–H and O–H groups in total. The molecule has 2 unspecified atom stereocenters. The molecule has 12 heteroatoms. The minimum atomic E-state index is -4.34. The minimum absolute atomic E-state index is 0.0304. The Kier molecular flexibility index (Phi) is 10.1. The fraction of sp³-hybridized carbons (Fsp3) is 0.417. The molecule has 2 saturated heterocycles. The molecule has 2 fully saturated rings. The zero-order valence-electron chi connectivity index (χ0n) is 27.3. The van der Waals surface area contributed by atoms with E-state index in [9.17, 15) is 22.8 Å². The molecule has 0 spiro atoms. The Morgan fingerprint density at radius 2 is 1.56 bits per heavy atom. The van der Waals surface area contributed by atoms with E-state index in [-0.39, 0.29) is 16.5 Å². The second kappa shape index (κ2) is 14.3. The first-order valence-corrected chi connectivity index (χ1v) is 18.4. The molecule has 3 aromatic rings.